The summed E-state index contributed by atoms with van der Waals surface area (Å²) in [5.74, 6) is 0.860. The second-order valence-corrected chi connectivity index (χ2v) is 6.00. The van der Waals surface area contributed by atoms with Gasteiger partial charge in [0, 0.05) is 12.2 Å². The summed E-state index contributed by atoms with van der Waals surface area (Å²) in [6, 6.07) is 6.47. The smallest absolute Gasteiger partial charge is 0.0316 e. The van der Waals surface area contributed by atoms with Crippen LogP contribution < -0.4 is 5.73 Å². The van der Waals surface area contributed by atoms with E-state index in [4.69, 9.17) is 5.73 Å². The standard InChI is InChI=1S/C16H24N2/c17-16-7-6-14-10-13(4-5-15(14)11-16)12-18-8-2-1-3-9-18/h6-7,11,13H,1-5,8-10,12,17H2/t13-/m1/s1. The Kier molecular flexibility index (Phi) is 3.55. The van der Waals surface area contributed by atoms with Crippen LogP contribution >= 0.6 is 0 Å². The first-order chi connectivity index (χ1) is 8.81. The molecule has 2 aliphatic rings. The van der Waals surface area contributed by atoms with E-state index >= 15 is 0 Å². The lowest BCUT2D eigenvalue weighted by atomic mass is 9.83. The Bertz CT molecular complexity index is 408. The minimum Gasteiger partial charge on any atom is -0.399 e. The summed E-state index contributed by atoms with van der Waals surface area (Å²) in [5, 5.41) is 0. The van der Waals surface area contributed by atoms with Crippen molar-refractivity contribution < 1.29 is 0 Å². The quantitative estimate of drug-likeness (QED) is 0.811. The zero-order valence-corrected chi connectivity index (χ0v) is 11.2. The Labute approximate surface area is 110 Å². The first kappa shape index (κ1) is 12.0. The minimum atomic E-state index is 0.860. The first-order valence-corrected chi connectivity index (χ1v) is 7.41. The number of likely N-dealkylation sites (tertiary alicyclic amines) is 1. The highest BCUT2D eigenvalue weighted by Crippen LogP contribution is 2.28. The summed E-state index contributed by atoms with van der Waals surface area (Å²) >= 11 is 0. The van der Waals surface area contributed by atoms with Crippen LogP contribution in [0.25, 0.3) is 0 Å². The number of benzene rings is 1. The van der Waals surface area contributed by atoms with E-state index in [1.54, 1.807) is 0 Å². The summed E-state index contributed by atoms with van der Waals surface area (Å²) in [6.07, 6.45) is 8.06. The van der Waals surface area contributed by atoms with Crippen molar-refractivity contribution in [3.63, 3.8) is 0 Å². The van der Waals surface area contributed by atoms with Crippen molar-refractivity contribution in [2.75, 3.05) is 25.4 Å². The van der Waals surface area contributed by atoms with Crippen molar-refractivity contribution in [3.8, 4) is 0 Å². The highest BCUT2D eigenvalue weighted by Gasteiger charge is 2.21. The third-order valence-corrected chi connectivity index (χ3v) is 4.53. The van der Waals surface area contributed by atoms with Gasteiger partial charge >= 0.3 is 0 Å². The highest BCUT2D eigenvalue weighted by atomic mass is 15.1. The molecule has 2 nitrogen and oxygen atoms in total. The van der Waals surface area contributed by atoms with Crippen LogP contribution in [0.4, 0.5) is 5.69 Å². The third kappa shape index (κ3) is 2.69. The van der Waals surface area contributed by atoms with E-state index in [9.17, 15) is 0 Å². The van der Waals surface area contributed by atoms with E-state index in [-0.39, 0.29) is 0 Å². The van der Waals surface area contributed by atoms with Crippen LogP contribution in [-0.2, 0) is 12.8 Å². The average Bonchev–Trinajstić information content (AvgIpc) is 2.40. The van der Waals surface area contributed by atoms with E-state index in [2.05, 4.69) is 23.1 Å². The van der Waals surface area contributed by atoms with Gasteiger partial charge in [-0.2, -0.15) is 0 Å². The summed E-state index contributed by atoms with van der Waals surface area (Å²) in [7, 11) is 0. The molecule has 1 fully saturated rings. The lowest BCUT2D eigenvalue weighted by Gasteiger charge is -2.33. The van der Waals surface area contributed by atoms with Crippen molar-refractivity contribution in [2.45, 2.75) is 38.5 Å². The maximum Gasteiger partial charge on any atom is 0.0316 e. The SMILES string of the molecule is Nc1ccc2c(c1)CC[C@@H](CN1CCCCC1)C2. The molecule has 1 atom stereocenters. The van der Waals surface area contributed by atoms with Gasteiger partial charge < -0.3 is 10.6 Å². The van der Waals surface area contributed by atoms with Gasteiger partial charge in [0.15, 0.2) is 0 Å². The molecule has 1 aliphatic heterocycles. The van der Waals surface area contributed by atoms with Gasteiger partial charge in [-0.3, -0.25) is 0 Å². The van der Waals surface area contributed by atoms with Crippen molar-refractivity contribution in [1.82, 2.24) is 4.90 Å². The lowest BCUT2D eigenvalue weighted by molar-refractivity contribution is 0.187. The molecule has 0 bridgehead atoms. The molecule has 98 valence electrons. The Morgan fingerprint density at radius 3 is 2.78 bits per heavy atom. The zero-order chi connectivity index (χ0) is 12.4. The fourth-order valence-electron chi connectivity index (χ4n) is 3.51. The maximum atomic E-state index is 5.86. The molecule has 1 heterocycles. The molecule has 1 saturated heterocycles. The predicted molar refractivity (Wildman–Crippen MR) is 76.7 cm³/mol. The summed E-state index contributed by atoms with van der Waals surface area (Å²) < 4.78 is 0. The van der Waals surface area contributed by atoms with Crippen LogP contribution in [0, 0.1) is 5.92 Å². The molecule has 1 aromatic carbocycles. The molecule has 0 amide bonds. The van der Waals surface area contributed by atoms with E-state index in [0.29, 0.717) is 0 Å². The molecule has 3 rings (SSSR count). The maximum absolute atomic E-state index is 5.86. The minimum absolute atomic E-state index is 0.860. The summed E-state index contributed by atoms with van der Waals surface area (Å²) in [5.41, 5.74) is 9.81. The molecular weight excluding hydrogens is 220 g/mol. The van der Waals surface area contributed by atoms with Gasteiger partial charge in [0.2, 0.25) is 0 Å². The van der Waals surface area contributed by atoms with Gasteiger partial charge in [0.05, 0.1) is 0 Å². The van der Waals surface area contributed by atoms with Crippen molar-refractivity contribution in [1.29, 1.82) is 0 Å². The largest absolute Gasteiger partial charge is 0.399 e. The van der Waals surface area contributed by atoms with Gasteiger partial charge in [-0.15, -0.1) is 0 Å². The topological polar surface area (TPSA) is 29.3 Å². The molecule has 0 radical (unpaired) electrons. The Morgan fingerprint density at radius 1 is 1.11 bits per heavy atom. The fourth-order valence-corrected chi connectivity index (χ4v) is 3.51. The Balaban J connectivity index is 1.62. The first-order valence-electron chi connectivity index (χ1n) is 7.41. The highest BCUT2D eigenvalue weighted by molar-refractivity contribution is 5.45. The molecule has 18 heavy (non-hydrogen) atoms. The molecule has 1 aliphatic carbocycles. The summed E-state index contributed by atoms with van der Waals surface area (Å²) in [6.45, 7) is 3.96. The van der Waals surface area contributed by atoms with Crippen LogP contribution in [0.3, 0.4) is 0 Å². The number of rotatable bonds is 2. The monoisotopic (exact) mass is 244 g/mol. The van der Waals surface area contributed by atoms with Crippen LogP contribution in [0.2, 0.25) is 0 Å². The number of nitrogen functional groups attached to an aromatic ring is 1. The number of nitrogens with zero attached hydrogens (tertiary/aromatic N) is 1. The second kappa shape index (κ2) is 5.31. The average molecular weight is 244 g/mol. The van der Waals surface area contributed by atoms with Crippen molar-refractivity contribution in [3.05, 3.63) is 29.3 Å². The lowest BCUT2D eigenvalue weighted by Crippen LogP contribution is -2.36. The van der Waals surface area contributed by atoms with Gasteiger partial charge in [0.1, 0.15) is 0 Å². The molecule has 0 aromatic heterocycles. The number of piperidine rings is 1. The van der Waals surface area contributed by atoms with E-state index in [1.807, 2.05) is 0 Å². The molecule has 2 N–H and O–H groups in total. The van der Waals surface area contributed by atoms with Gasteiger partial charge in [-0.1, -0.05) is 12.5 Å². The van der Waals surface area contributed by atoms with Gasteiger partial charge in [-0.25, -0.2) is 0 Å². The molecule has 0 unspecified atom stereocenters. The number of hydrogen-bond donors (Lipinski definition) is 1. The predicted octanol–water partition coefficient (Wildman–Crippen LogP) is 2.86. The van der Waals surface area contributed by atoms with Crippen LogP contribution in [0.15, 0.2) is 18.2 Å². The van der Waals surface area contributed by atoms with Gasteiger partial charge in [0.25, 0.3) is 0 Å². The number of aryl methyl sites for hydroxylation is 1. The molecule has 2 heteroatoms. The van der Waals surface area contributed by atoms with E-state index < -0.39 is 0 Å². The number of nitrogens with two attached hydrogens (primary N) is 1. The fraction of sp³-hybridized carbons (Fsp3) is 0.625. The van der Waals surface area contributed by atoms with E-state index in [0.717, 1.165) is 11.6 Å². The Morgan fingerprint density at radius 2 is 1.94 bits per heavy atom. The van der Waals surface area contributed by atoms with Crippen LogP contribution in [0.5, 0.6) is 0 Å². The van der Waals surface area contributed by atoms with Crippen LogP contribution in [-0.4, -0.2) is 24.5 Å². The van der Waals surface area contributed by atoms with Crippen LogP contribution in [0.1, 0.15) is 36.8 Å². The molecular formula is C16H24N2. The summed E-state index contributed by atoms with van der Waals surface area (Å²) in [4.78, 5) is 2.68. The third-order valence-electron chi connectivity index (χ3n) is 4.53. The number of anilines is 1. The van der Waals surface area contributed by atoms with E-state index in [1.165, 1.54) is 69.3 Å². The van der Waals surface area contributed by atoms with Crippen molar-refractivity contribution >= 4 is 5.69 Å². The zero-order valence-electron chi connectivity index (χ0n) is 11.2. The second-order valence-electron chi connectivity index (χ2n) is 6.00. The van der Waals surface area contributed by atoms with Crippen molar-refractivity contribution in [2.24, 2.45) is 5.92 Å². The molecule has 0 spiro atoms. The number of hydrogen-bond acceptors (Lipinski definition) is 2. The molecule has 1 aromatic rings. The van der Waals surface area contributed by atoms with Gasteiger partial charge in [-0.05, 0) is 74.4 Å². The normalized spacial score (nSPS) is 24.8. The molecule has 0 saturated carbocycles. The Hall–Kier alpha value is -1.02. The number of fused-ring (bicyclic) bond motifs is 1.